The van der Waals surface area contributed by atoms with Gasteiger partial charge >= 0.3 is 0 Å². The summed E-state index contributed by atoms with van der Waals surface area (Å²) in [5, 5.41) is 20.0. The largest absolute Gasteiger partial charge is 0.396 e. The van der Waals surface area contributed by atoms with Crippen molar-refractivity contribution in [2.24, 2.45) is 0 Å². The molecule has 5 nitrogen and oxygen atoms in total. The third-order valence-corrected chi connectivity index (χ3v) is 5.05. The number of hydrogen-bond acceptors (Lipinski definition) is 6. The van der Waals surface area contributed by atoms with Crippen LogP contribution >= 0.6 is 11.3 Å². The second-order valence-electron chi connectivity index (χ2n) is 5.40. The molecule has 1 aliphatic heterocycles. The first-order valence-corrected chi connectivity index (χ1v) is 7.54. The van der Waals surface area contributed by atoms with Crippen LogP contribution in [0, 0.1) is 11.3 Å². The van der Waals surface area contributed by atoms with Crippen molar-refractivity contribution in [1.82, 2.24) is 0 Å². The van der Waals surface area contributed by atoms with E-state index < -0.39 is 5.60 Å². The number of aliphatic hydroxyl groups is 1. The number of carbonyl (C=O) groups excluding carboxylic acids is 1. The van der Waals surface area contributed by atoms with E-state index in [2.05, 4.69) is 6.07 Å². The molecule has 1 aliphatic rings. The van der Waals surface area contributed by atoms with E-state index in [4.69, 9.17) is 5.73 Å². The van der Waals surface area contributed by atoms with Gasteiger partial charge in [-0.2, -0.15) is 5.26 Å². The van der Waals surface area contributed by atoms with Crippen LogP contribution in [-0.4, -0.2) is 29.6 Å². The zero-order valence-corrected chi connectivity index (χ0v) is 12.6. The van der Waals surface area contributed by atoms with E-state index in [9.17, 15) is 15.2 Å². The Bertz CT molecular complexity index is 562. The van der Waals surface area contributed by atoms with Gasteiger partial charge < -0.3 is 15.7 Å². The molecule has 0 amide bonds. The van der Waals surface area contributed by atoms with Crippen molar-refractivity contribution in [3.63, 3.8) is 0 Å². The topological polar surface area (TPSA) is 90.4 Å². The Kier molecular flexibility index (Phi) is 4.02. The lowest BCUT2D eigenvalue weighted by Crippen LogP contribution is -2.42. The number of piperidine rings is 1. The number of carbonyl (C=O) groups is 1. The summed E-state index contributed by atoms with van der Waals surface area (Å²) in [5.74, 6) is -0.0285. The second-order valence-corrected chi connectivity index (χ2v) is 6.40. The molecule has 108 valence electrons. The predicted molar refractivity (Wildman–Crippen MR) is 80.1 cm³/mol. The molecule has 0 bridgehead atoms. The number of ketones is 1. The van der Waals surface area contributed by atoms with Crippen molar-refractivity contribution < 1.29 is 9.90 Å². The van der Waals surface area contributed by atoms with Crippen LogP contribution in [0.2, 0.25) is 0 Å². The van der Waals surface area contributed by atoms with Gasteiger partial charge in [0.05, 0.1) is 16.2 Å². The highest BCUT2D eigenvalue weighted by molar-refractivity contribution is 7.19. The van der Waals surface area contributed by atoms with Crippen LogP contribution < -0.4 is 10.6 Å². The molecular formula is C14H19N3O2S. The molecule has 0 aromatic carbocycles. The lowest BCUT2D eigenvalue weighted by Gasteiger charge is -2.36. The van der Waals surface area contributed by atoms with Gasteiger partial charge in [0.2, 0.25) is 0 Å². The summed E-state index contributed by atoms with van der Waals surface area (Å²) >= 11 is 1.30. The van der Waals surface area contributed by atoms with Crippen LogP contribution in [0.4, 0.5) is 10.7 Å². The first-order chi connectivity index (χ1) is 9.39. The molecule has 3 N–H and O–H groups in total. The van der Waals surface area contributed by atoms with Crippen molar-refractivity contribution in [2.75, 3.05) is 23.7 Å². The van der Waals surface area contributed by atoms with Crippen LogP contribution in [0.3, 0.4) is 0 Å². The summed E-state index contributed by atoms with van der Waals surface area (Å²) in [5.41, 5.74) is 6.00. The molecule has 2 rings (SSSR count). The smallest absolute Gasteiger partial charge is 0.174 e. The van der Waals surface area contributed by atoms with Gasteiger partial charge in [-0.3, -0.25) is 4.79 Å². The Labute approximate surface area is 122 Å². The summed E-state index contributed by atoms with van der Waals surface area (Å²) in [6.45, 7) is 4.94. The maximum absolute atomic E-state index is 11.9. The maximum atomic E-state index is 11.9. The Morgan fingerprint density at radius 2 is 2.15 bits per heavy atom. The minimum atomic E-state index is -0.645. The van der Waals surface area contributed by atoms with E-state index in [1.54, 1.807) is 6.92 Å². The molecule has 0 radical (unpaired) electrons. The van der Waals surface area contributed by atoms with Crippen molar-refractivity contribution in [3.05, 3.63) is 10.4 Å². The van der Waals surface area contributed by atoms with Crippen molar-refractivity contribution in [3.8, 4) is 6.07 Å². The quantitative estimate of drug-likeness (QED) is 0.833. The van der Waals surface area contributed by atoms with Crippen LogP contribution in [0.5, 0.6) is 0 Å². The summed E-state index contributed by atoms with van der Waals surface area (Å²) in [6, 6.07) is 2.11. The molecule has 0 spiro atoms. The van der Waals surface area contributed by atoms with Crippen molar-refractivity contribution in [1.29, 1.82) is 5.26 Å². The number of Topliss-reactive ketones (excluding diaryl/α,β-unsaturated/α-hetero) is 1. The van der Waals surface area contributed by atoms with Gasteiger partial charge in [0.15, 0.2) is 5.78 Å². The zero-order valence-electron chi connectivity index (χ0n) is 11.8. The Hall–Kier alpha value is -1.58. The van der Waals surface area contributed by atoms with E-state index in [-0.39, 0.29) is 5.78 Å². The molecule has 1 aromatic heterocycles. The normalized spacial score (nSPS) is 17.8. The average molecular weight is 293 g/mol. The van der Waals surface area contributed by atoms with E-state index in [1.807, 2.05) is 11.8 Å². The number of nitriles is 1. The van der Waals surface area contributed by atoms with Crippen LogP contribution in [0.15, 0.2) is 0 Å². The van der Waals surface area contributed by atoms with E-state index in [0.717, 1.165) is 5.00 Å². The van der Waals surface area contributed by atoms with Gasteiger partial charge in [-0.15, -0.1) is 11.3 Å². The number of thiophene rings is 1. The fourth-order valence-corrected chi connectivity index (χ4v) is 3.55. The minimum Gasteiger partial charge on any atom is -0.396 e. The first-order valence-electron chi connectivity index (χ1n) is 6.72. The standard InChI is InChI=1S/C14H19N3O2S/c1-3-10(18)12-11(16)9(8-15)13(20-12)17-6-4-14(2,19)5-7-17/h19H,3-7,16H2,1-2H3. The van der Waals surface area contributed by atoms with E-state index >= 15 is 0 Å². The Morgan fingerprint density at radius 3 is 2.65 bits per heavy atom. The van der Waals surface area contributed by atoms with Gasteiger partial charge in [0, 0.05) is 19.5 Å². The summed E-state index contributed by atoms with van der Waals surface area (Å²) in [7, 11) is 0. The number of nitrogens with two attached hydrogens (primary N) is 1. The van der Waals surface area contributed by atoms with Gasteiger partial charge in [0.25, 0.3) is 0 Å². The van der Waals surface area contributed by atoms with Gasteiger partial charge in [-0.05, 0) is 19.8 Å². The second kappa shape index (κ2) is 5.43. The molecule has 0 atom stereocenters. The molecule has 2 heterocycles. The third kappa shape index (κ3) is 2.65. The van der Waals surface area contributed by atoms with Gasteiger partial charge in [0.1, 0.15) is 16.6 Å². The van der Waals surface area contributed by atoms with Crippen LogP contribution in [0.1, 0.15) is 48.3 Å². The fourth-order valence-electron chi connectivity index (χ4n) is 2.32. The third-order valence-electron chi connectivity index (χ3n) is 3.74. The molecule has 0 aliphatic carbocycles. The monoisotopic (exact) mass is 293 g/mol. The highest BCUT2D eigenvalue weighted by atomic mass is 32.1. The molecule has 0 unspecified atom stereocenters. The molecule has 1 saturated heterocycles. The lowest BCUT2D eigenvalue weighted by atomic mass is 9.94. The van der Waals surface area contributed by atoms with Gasteiger partial charge in [-0.1, -0.05) is 6.92 Å². The number of anilines is 2. The number of nitrogen functional groups attached to an aromatic ring is 1. The predicted octanol–water partition coefficient (Wildman–Crippen LogP) is 2.15. The van der Waals surface area contributed by atoms with Crippen molar-refractivity contribution in [2.45, 2.75) is 38.7 Å². The Balaban J connectivity index is 2.33. The summed E-state index contributed by atoms with van der Waals surface area (Å²) in [4.78, 5) is 14.4. The number of hydrogen-bond donors (Lipinski definition) is 2. The minimum absolute atomic E-state index is 0.0285. The molecule has 1 fully saturated rings. The van der Waals surface area contributed by atoms with Crippen LogP contribution in [0.25, 0.3) is 0 Å². The Morgan fingerprint density at radius 1 is 1.55 bits per heavy atom. The fraction of sp³-hybridized carbons (Fsp3) is 0.571. The van der Waals surface area contributed by atoms with Gasteiger partial charge in [-0.25, -0.2) is 0 Å². The van der Waals surface area contributed by atoms with E-state index in [1.165, 1.54) is 11.3 Å². The molecule has 1 aromatic rings. The lowest BCUT2D eigenvalue weighted by molar-refractivity contribution is 0.0352. The maximum Gasteiger partial charge on any atom is 0.174 e. The van der Waals surface area contributed by atoms with Crippen LogP contribution in [-0.2, 0) is 0 Å². The highest BCUT2D eigenvalue weighted by Crippen LogP contribution is 2.40. The number of rotatable bonds is 3. The summed E-state index contributed by atoms with van der Waals surface area (Å²) < 4.78 is 0. The van der Waals surface area contributed by atoms with E-state index in [0.29, 0.717) is 48.5 Å². The zero-order chi connectivity index (χ0) is 14.9. The molecular weight excluding hydrogens is 274 g/mol. The molecule has 6 heteroatoms. The SMILES string of the molecule is CCC(=O)c1sc(N2CCC(C)(O)CC2)c(C#N)c1N. The molecule has 0 saturated carbocycles. The average Bonchev–Trinajstić information content (AvgIpc) is 2.75. The first kappa shape index (κ1) is 14.8. The summed E-state index contributed by atoms with van der Waals surface area (Å²) in [6.07, 6.45) is 1.67. The molecule has 20 heavy (non-hydrogen) atoms. The van der Waals surface area contributed by atoms with Crippen molar-refractivity contribution >= 4 is 27.8 Å². The highest BCUT2D eigenvalue weighted by Gasteiger charge is 2.31. The number of nitrogens with zero attached hydrogens (tertiary/aromatic N) is 2.